The molecule has 4 rings (SSSR count). The number of nitrogens with zero attached hydrogens (tertiary/aromatic N) is 4. The second-order valence-corrected chi connectivity index (χ2v) is 6.39. The molecule has 1 aliphatic carbocycles. The van der Waals surface area contributed by atoms with E-state index >= 15 is 0 Å². The van der Waals surface area contributed by atoms with Crippen LogP contribution in [0.3, 0.4) is 0 Å². The summed E-state index contributed by atoms with van der Waals surface area (Å²) in [6.07, 6.45) is 3.79. The first-order valence-electron chi connectivity index (χ1n) is 8.32. The maximum Gasteiger partial charge on any atom is 0.248 e. The van der Waals surface area contributed by atoms with Gasteiger partial charge < -0.3 is 10.1 Å². The average molecular weight is 357 g/mol. The molecule has 26 heavy (non-hydrogen) atoms. The third kappa shape index (κ3) is 3.96. The van der Waals surface area contributed by atoms with Crippen LogP contribution in [0.1, 0.15) is 18.4 Å². The Kier molecular flexibility index (Phi) is 4.24. The van der Waals surface area contributed by atoms with E-state index < -0.39 is 11.6 Å². The van der Waals surface area contributed by atoms with E-state index in [2.05, 4.69) is 20.4 Å². The lowest BCUT2D eigenvalue weighted by atomic mass is 10.3. The van der Waals surface area contributed by atoms with Gasteiger partial charge in [0.1, 0.15) is 23.8 Å². The van der Waals surface area contributed by atoms with Crippen LogP contribution in [-0.2, 0) is 0 Å². The zero-order valence-electron chi connectivity index (χ0n) is 14.1. The largest absolute Gasteiger partial charge is 0.477 e. The molecule has 2 aromatic heterocycles. The predicted octanol–water partition coefficient (Wildman–Crippen LogP) is 3.78. The van der Waals surface area contributed by atoms with E-state index in [1.54, 1.807) is 0 Å². The monoisotopic (exact) mass is 357 g/mol. The van der Waals surface area contributed by atoms with E-state index in [0.29, 0.717) is 24.2 Å². The molecule has 0 bridgehead atoms. The number of aryl methyl sites for hydroxylation is 1. The number of ether oxygens (including phenoxy) is 1. The fourth-order valence-corrected chi connectivity index (χ4v) is 2.49. The molecule has 0 spiro atoms. The molecular formula is C18H17F2N5O. The highest BCUT2D eigenvalue weighted by atomic mass is 19.1. The fourth-order valence-electron chi connectivity index (χ4n) is 2.49. The Balaban J connectivity index is 1.51. The lowest BCUT2D eigenvalue weighted by Crippen LogP contribution is -2.04. The molecule has 1 saturated carbocycles. The van der Waals surface area contributed by atoms with Crippen LogP contribution in [0.5, 0.6) is 5.88 Å². The van der Waals surface area contributed by atoms with E-state index in [1.807, 2.05) is 19.1 Å². The summed E-state index contributed by atoms with van der Waals surface area (Å²) in [7, 11) is 0. The molecule has 1 aromatic carbocycles. The van der Waals surface area contributed by atoms with Crippen molar-refractivity contribution in [3.63, 3.8) is 0 Å². The first-order valence-corrected chi connectivity index (χ1v) is 8.32. The maximum absolute atomic E-state index is 13.3. The highest BCUT2D eigenvalue weighted by Gasteiger charge is 2.22. The minimum atomic E-state index is -0.678. The van der Waals surface area contributed by atoms with E-state index in [4.69, 9.17) is 4.74 Å². The summed E-state index contributed by atoms with van der Waals surface area (Å²) in [5.41, 5.74) is 1.23. The third-order valence-corrected chi connectivity index (χ3v) is 3.95. The summed E-state index contributed by atoms with van der Waals surface area (Å²) in [4.78, 5) is 8.50. The number of hydrogen-bond acceptors (Lipinski definition) is 5. The SMILES string of the molecule is Cc1cc(Nc2ncn(-c3cc(F)cc(F)c3)n2)nc(OCC2CC2)c1. The van der Waals surface area contributed by atoms with Crippen molar-refractivity contribution in [2.45, 2.75) is 19.8 Å². The first-order chi connectivity index (χ1) is 12.5. The maximum atomic E-state index is 13.3. The van der Waals surface area contributed by atoms with Crippen LogP contribution in [0.25, 0.3) is 5.69 Å². The Labute approximate surface area is 148 Å². The predicted molar refractivity (Wildman–Crippen MR) is 91.8 cm³/mol. The second-order valence-electron chi connectivity index (χ2n) is 6.39. The van der Waals surface area contributed by atoms with Gasteiger partial charge in [-0.05, 0) is 49.4 Å². The molecule has 134 valence electrons. The zero-order valence-corrected chi connectivity index (χ0v) is 14.1. The summed E-state index contributed by atoms with van der Waals surface area (Å²) in [6.45, 7) is 2.62. The van der Waals surface area contributed by atoms with Crippen LogP contribution in [0.2, 0.25) is 0 Å². The van der Waals surface area contributed by atoms with Gasteiger partial charge in [0.25, 0.3) is 0 Å². The Morgan fingerprint density at radius 3 is 2.65 bits per heavy atom. The number of rotatable bonds is 6. The number of anilines is 2. The number of aromatic nitrogens is 4. The van der Waals surface area contributed by atoms with Gasteiger partial charge in [0.05, 0.1) is 12.3 Å². The normalized spacial score (nSPS) is 13.7. The first kappa shape index (κ1) is 16.4. The minimum absolute atomic E-state index is 0.244. The fraction of sp³-hybridized carbons (Fsp3) is 0.278. The van der Waals surface area contributed by atoms with Crippen molar-refractivity contribution < 1.29 is 13.5 Å². The van der Waals surface area contributed by atoms with Crippen molar-refractivity contribution in [3.8, 4) is 11.6 Å². The van der Waals surface area contributed by atoms with Crippen LogP contribution < -0.4 is 10.1 Å². The molecule has 2 heterocycles. The Bertz CT molecular complexity index is 919. The van der Waals surface area contributed by atoms with Gasteiger partial charge in [-0.25, -0.2) is 13.5 Å². The second kappa shape index (κ2) is 6.70. The van der Waals surface area contributed by atoms with Crippen molar-refractivity contribution in [1.82, 2.24) is 19.7 Å². The number of hydrogen-bond donors (Lipinski definition) is 1. The van der Waals surface area contributed by atoms with Crippen LogP contribution in [0, 0.1) is 24.5 Å². The topological polar surface area (TPSA) is 64.9 Å². The summed E-state index contributed by atoms with van der Waals surface area (Å²) in [6, 6.07) is 6.87. The Morgan fingerprint density at radius 1 is 1.15 bits per heavy atom. The van der Waals surface area contributed by atoms with Gasteiger partial charge >= 0.3 is 0 Å². The van der Waals surface area contributed by atoms with Crippen LogP contribution in [0.4, 0.5) is 20.5 Å². The lowest BCUT2D eigenvalue weighted by molar-refractivity contribution is 0.289. The van der Waals surface area contributed by atoms with E-state index in [1.165, 1.54) is 36.0 Å². The van der Waals surface area contributed by atoms with Gasteiger partial charge in [0.2, 0.25) is 11.8 Å². The Hall–Kier alpha value is -3.03. The molecule has 0 radical (unpaired) electrons. The smallest absolute Gasteiger partial charge is 0.248 e. The van der Waals surface area contributed by atoms with Crippen molar-refractivity contribution in [3.05, 3.63) is 53.9 Å². The molecule has 0 unspecified atom stereocenters. The van der Waals surface area contributed by atoms with Crippen LogP contribution >= 0.6 is 0 Å². The molecule has 1 fully saturated rings. The van der Waals surface area contributed by atoms with Gasteiger partial charge in [-0.1, -0.05) is 0 Å². The molecule has 8 heteroatoms. The molecule has 0 saturated heterocycles. The van der Waals surface area contributed by atoms with Crippen molar-refractivity contribution in [2.75, 3.05) is 11.9 Å². The van der Waals surface area contributed by atoms with Gasteiger partial charge in [-0.15, -0.1) is 5.10 Å². The van der Waals surface area contributed by atoms with Gasteiger partial charge in [0, 0.05) is 12.1 Å². The summed E-state index contributed by atoms with van der Waals surface area (Å²) < 4.78 is 33.7. The van der Waals surface area contributed by atoms with Gasteiger partial charge in [-0.3, -0.25) is 0 Å². The number of pyridine rings is 1. The molecule has 0 aliphatic heterocycles. The summed E-state index contributed by atoms with van der Waals surface area (Å²) in [5.74, 6) is 0.634. The molecular weight excluding hydrogens is 340 g/mol. The number of benzene rings is 1. The van der Waals surface area contributed by atoms with E-state index in [0.717, 1.165) is 11.6 Å². The molecule has 6 nitrogen and oxygen atoms in total. The zero-order chi connectivity index (χ0) is 18.1. The molecule has 0 amide bonds. The van der Waals surface area contributed by atoms with Crippen LogP contribution in [-0.4, -0.2) is 26.4 Å². The summed E-state index contributed by atoms with van der Waals surface area (Å²) >= 11 is 0. The van der Waals surface area contributed by atoms with E-state index in [9.17, 15) is 8.78 Å². The average Bonchev–Trinajstić information content (AvgIpc) is 3.29. The van der Waals surface area contributed by atoms with Crippen molar-refractivity contribution in [2.24, 2.45) is 5.92 Å². The van der Waals surface area contributed by atoms with Crippen LogP contribution in [0.15, 0.2) is 36.7 Å². The molecule has 0 atom stereocenters. The van der Waals surface area contributed by atoms with Crippen molar-refractivity contribution in [1.29, 1.82) is 0 Å². The highest BCUT2D eigenvalue weighted by molar-refractivity contribution is 5.50. The highest BCUT2D eigenvalue weighted by Crippen LogP contribution is 2.29. The quantitative estimate of drug-likeness (QED) is 0.727. The molecule has 3 aromatic rings. The molecule has 1 N–H and O–H groups in total. The Morgan fingerprint density at radius 2 is 1.92 bits per heavy atom. The van der Waals surface area contributed by atoms with Gasteiger partial charge in [-0.2, -0.15) is 9.97 Å². The van der Waals surface area contributed by atoms with Crippen molar-refractivity contribution >= 4 is 11.8 Å². The van der Waals surface area contributed by atoms with Gasteiger partial charge in [0.15, 0.2) is 0 Å². The number of nitrogens with one attached hydrogen (secondary N) is 1. The molecule has 1 aliphatic rings. The standard InChI is InChI=1S/C18H17F2N5O/c1-11-4-16(22-17(5-11)26-9-12-2-3-12)23-18-21-10-25(24-18)15-7-13(19)6-14(20)8-15/h4-8,10,12H,2-3,9H2,1H3,(H,22,23,24). The van der Waals surface area contributed by atoms with E-state index in [-0.39, 0.29) is 11.6 Å². The lowest BCUT2D eigenvalue weighted by Gasteiger charge is -2.08. The summed E-state index contributed by atoms with van der Waals surface area (Å²) in [5, 5.41) is 7.17. The number of halogens is 2. The minimum Gasteiger partial charge on any atom is -0.477 e. The third-order valence-electron chi connectivity index (χ3n) is 3.95.